The van der Waals surface area contributed by atoms with Gasteiger partial charge in [-0.15, -0.1) is 11.3 Å². The van der Waals surface area contributed by atoms with E-state index in [1.807, 2.05) is 23.9 Å². The topological polar surface area (TPSA) is 41.1 Å². The highest BCUT2D eigenvalue weighted by Crippen LogP contribution is 2.25. The van der Waals surface area contributed by atoms with E-state index in [4.69, 9.17) is 0 Å². The summed E-state index contributed by atoms with van der Waals surface area (Å²) in [5.41, 5.74) is 1.19. The third-order valence-electron chi connectivity index (χ3n) is 3.56. The first kappa shape index (κ1) is 13.8. The Hall–Kier alpha value is -1.20. The molecule has 0 unspecified atom stereocenters. The molecule has 1 aromatic heterocycles. The molecule has 3 nitrogen and oxygen atoms in total. The fourth-order valence-corrected chi connectivity index (χ4v) is 4.49. The molecule has 1 fully saturated rings. The lowest BCUT2D eigenvalue weighted by molar-refractivity contribution is 0.236. The van der Waals surface area contributed by atoms with E-state index in [0.717, 1.165) is 24.3 Å². The number of thioether (sulfide) groups is 1. The maximum absolute atomic E-state index is 11.9. The van der Waals surface area contributed by atoms with Crippen LogP contribution >= 0.6 is 23.1 Å². The summed E-state index contributed by atoms with van der Waals surface area (Å²) in [6.45, 7) is 0.595. The van der Waals surface area contributed by atoms with Gasteiger partial charge >= 0.3 is 6.03 Å². The van der Waals surface area contributed by atoms with Crippen LogP contribution in [0.25, 0.3) is 10.1 Å². The number of rotatable bonds is 3. The molecule has 0 bridgehead atoms. The highest BCUT2D eigenvalue weighted by Gasteiger charge is 2.15. The molecule has 1 aromatic carbocycles. The minimum atomic E-state index is -0.0443. The van der Waals surface area contributed by atoms with Crippen LogP contribution in [0.2, 0.25) is 0 Å². The minimum Gasteiger partial charge on any atom is -0.335 e. The van der Waals surface area contributed by atoms with Crippen molar-refractivity contribution in [3.8, 4) is 0 Å². The van der Waals surface area contributed by atoms with Crippen LogP contribution < -0.4 is 10.6 Å². The van der Waals surface area contributed by atoms with Crippen molar-refractivity contribution < 1.29 is 4.79 Å². The molecule has 0 saturated carbocycles. The molecule has 0 atom stereocenters. The Kier molecular flexibility index (Phi) is 4.47. The molecule has 1 saturated heterocycles. The van der Waals surface area contributed by atoms with Crippen LogP contribution in [0.4, 0.5) is 4.79 Å². The Morgan fingerprint density at radius 2 is 2.05 bits per heavy atom. The fourth-order valence-electron chi connectivity index (χ4n) is 2.42. The number of carbonyl (C=O) groups is 1. The van der Waals surface area contributed by atoms with E-state index >= 15 is 0 Å². The number of urea groups is 1. The van der Waals surface area contributed by atoms with Crippen LogP contribution in [-0.2, 0) is 6.54 Å². The number of hydrogen-bond donors (Lipinski definition) is 2. The predicted molar refractivity (Wildman–Crippen MR) is 87.5 cm³/mol. The molecule has 2 amide bonds. The summed E-state index contributed by atoms with van der Waals surface area (Å²) in [5.74, 6) is 2.31. The summed E-state index contributed by atoms with van der Waals surface area (Å²) in [6.07, 6.45) is 2.17. The smallest absolute Gasteiger partial charge is 0.315 e. The lowest BCUT2D eigenvalue weighted by Crippen LogP contribution is -2.43. The number of nitrogens with one attached hydrogen (secondary N) is 2. The SMILES string of the molecule is O=C(NCc1csc2ccccc12)NC1CCSCC1. The molecule has 0 aliphatic carbocycles. The van der Waals surface area contributed by atoms with Crippen molar-refractivity contribution in [3.05, 3.63) is 35.2 Å². The van der Waals surface area contributed by atoms with Crippen LogP contribution in [0, 0.1) is 0 Å². The zero-order valence-electron chi connectivity index (χ0n) is 11.2. The highest BCUT2D eigenvalue weighted by molar-refractivity contribution is 7.99. The van der Waals surface area contributed by atoms with E-state index < -0.39 is 0 Å². The molecule has 20 heavy (non-hydrogen) atoms. The molecule has 1 aliphatic heterocycles. The number of fused-ring (bicyclic) bond motifs is 1. The first-order valence-corrected chi connectivity index (χ1v) is 8.93. The number of amides is 2. The van der Waals surface area contributed by atoms with E-state index in [2.05, 4.69) is 28.1 Å². The summed E-state index contributed by atoms with van der Waals surface area (Å²) in [7, 11) is 0. The monoisotopic (exact) mass is 306 g/mol. The van der Waals surface area contributed by atoms with Crippen molar-refractivity contribution in [3.63, 3.8) is 0 Å². The summed E-state index contributed by atoms with van der Waals surface area (Å²) < 4.78 is 1.27. The molecule has 1 aliphatic rings. The molecule has 3 rings (SSSR count). The van der Waals surface area contributed by atoms with Gasteiger partial charge in [0.2, 0.25) is 0 Å². The normalized spacial score (nSPS) is 16.2. The fraction of sp³-hybridized carbons (Fsp3) is 0.400. The second-order valence-electron chi connectivity index (χ2n) is 4.97. The van der Waals surface area contributed by atoms with Crippen LogP contribution in [-0.4, -0.2) is 23.6 Å². The van der Waals surface area contributed by atoms with Gasteiger partial charge in [-0.3, -0.25) is 0 Å². The van der Waals surface area contributed by atoms with Crippen molar-refractivity contribution in [2.45, 2.75) is 25.4 Å². The van der Waals surface area contributed by atoms with Gasteiger partial charge in [-0.2, -0.15) is 11.8 Å². The van der Waals surface area contributed by atoms with E-state index in [9.17, 15) is 4.79 Å². The van der Waals surface area contributed by atoms with Crippen molar-refractivity contribution in [2.24, 2.45) is 0 Å². The van der Waals surface area contributed by atoms with Gasteiger partial charge in [0, 0.05) is 17.3 Å². The van der Waals surface area contributed by atoms with Gasteiger partial charge in [0.25, 0.3) is 0 Å². The van der Waals surface area contributed by atoms with Crippen LogP contribution in [0.15, 0.2) is 29.6 Å². The van der Waals surface area contributed by atoms with Gasteiger partial charge in [-0.25, -0.2) is 4.79 Å². The standard InChI is InChI=1S/C15H18N2OS2/c18-15(17-12-5-7-19-8-6-12)16-9-11-10-20-14-4-2-1-3-13(11)14/h1-4,10,12H,5-9H2,(H2,16,17,18). The molecular weight excluding hydrogens is 288 g/mol. The third-order valence-corrected chi connectivity index (χ3v) is 5.62. The highest BCUT2D eigenvalue weighted by atomic mass is 32.2. The molecule has 2 heterocycles. The first-order valence-electron chi connectivity index (χ1n) is 6.90. The molecule has 2 aromatic rings. The molecule has 5 heteroatoms. The van der Waals surface area contributed by atoms with Gasteiger partial charge in [0.15, 0.2) is 0 Å². The number of carbonyl (C=O) groups excluding carboxylic acids is 1. The number of benzene rings is 1. The summed E-state index contributed by atoms with van der Waals surface area (Å²) in [6, 6.07) is 8.61. The van der Waals surface area contributed by atoms with E-state index in [1.165, 1.54) is 15.6 Å². The van der Waals surface area contributed by atoms with Crippen molar-refractivity contribution >= 4 is 39.2 Å². The van der Waals surface area contributed by atoms with Gasteiger partial charge in [0.1, 0.15) is 0 Å². The Balaban J connectivity index is 1.54. The van der Waals surface area contributed by atoms with Crippen molar-refractivity contribution in [1.82, 2.24) is 10.6 Å². The maximum atomic E-state index is 11.9. The second-order valence-corrected chi connectivity index (χ2v) is 7.11. The van der Waals surface area contributed by atoms with Gasteiger partial charge < -0.3 is 10.6 Å². The summed E-state index contributed by atoms with van der Waals surface area (Å²) in [4.78, 5) is 11.9. The number of hydrogen-bond acceptors (Lipinski definition) is 3. The average Bonchev–Trinajstić information content (AvgIpc) is 2.89. The Labute approximate surface area is 127 Å². The molecular formula is C15H18N2OS2. The zero-order valence-corrected chi connectivity index (χ0v) is 12.9. The first-order chi connectivity index (χ1) is 9.83. The van der Waals surface area contributed by atoms with Crippen LogP contribution in [0.1, 0.15) is 18.4 Å². The second kappa shape index (κ2) is 6.50. The van der Waals surface area contributed by atoms with Gasteiger partial charge in [-0.05, 0) is 46.7 Å². The summed E-state index contributed by atoms with van der Waals surface area (Å²) in [5, 5.41) is 9.41. The zero-order chi connectivity index (χ0) is 13.8. The van der Waals surface area contributed by atoms with E-state index in [1.54, 1.807) is 11.3 Å². The van der Waals surface area contributed by atoms with Crippen molar-refractivity contribution in [2.75, 3.05) is 11.5 Å². The Morgan fingerprint density at radius 3 is 2.90 bits per heavy atom. The Bertz CT molecular complexity index is 590. The molecule has 0 spiro atoms. The lowest BCUT2D eigenvalue weighted by Gasteiger charge is -2.22. The van der Waals surface area contributed by atoms with E-state index in [0.29, 0.717) is 12.6 Å². The largest absolute Gasteiger partial charge is 0.335 e. The van der Waals surface area contributed by atoms with Gasteiger partial charge in [0.05, 0.1) is 0 Å². The molecule has 106 valence electrons. The lowest BCUT2D eigenvalue weighted by atomic mass is 10.1. The third kappa shape index (κ3) is 3.27. The summed E-state index contributed by atoms with van der Waals surface area (Å²) >= 11 is 3.70. The maximum Gasteiger partial charge on any atom is 0.315 e. The molecule has 0 radical (unpaired) electrons. The quantitative estimate of drug-likeness (QED) is 0.910. The molecule has 2 N–H and O–H groups in total. The van der Waals surface area contributed by atoms with Crippen LogP contribution in [0.5, 0.6) is 0 Å². The van der Waals surface area contributed by atoms with Crippen molar-refractivity contribution in [1.29, 1.82) is 0 Å². The minimum absolute atomic E-state index is 0.0443. The Morgan fingerprint density at radius 1 is 1.25 bits per heavy atom. The van der Waals surface area contributed by atoms with E-state index in [-0.39, 0.29) is 6.03 Å². The van der Waals surface area contributed by atoms with Crippen LogP contribution in [0.3, 0.4) is 0 Å². The number of thiophene rings is 1. The average molecular weight is 306 g/mol. The van der Waals surface area contributed by atoms with Gasteiger partial charge in [-0.1, -0.05) is 18.2 Å². The predicted octanol–water partition coefficient (Wildman–Crippen LogP) is 3.60.